The molecule has 114 valence electrons. The molecular formula is C15H26NO3P. The molecule has 0 N–H and O–H groups in total. The van der Waals surface area contributed by atoms with Crippen LogP contribution in [0.2, 0.25) is 0 Å². The van der Waals surface area contributed by atoms with Gasteiger partial charge in [0.05, 0.1) is 19.4 Å². The molecular weight excluding hydrogens is 273 g/mol. The van der Waals surface area contributed by atoms with Gasteiger partial charge >= 0.3 is 7.60 Å². The second-order valence-electron chi connectivity index (χ2n) is 4.44. The van der Waals surface area contributed by atoms with Crippen molar-refractivity contribution >= 4 is 13.3 Å². The summed E-state index contributed by atoms with van der Waals surface area (Å²) in [6.45, 7) is 10.7. The van der Waals surface area contributed by atoms with Gasteiger partial charge in [0.15, 0.2) is 0 Å². The molecule has 0 aliphatic heterocycles. The summed E-state index contributed by atoms with van der Waals surface area (Å²) in [6, 6.07) is 8.12. The summed E-state index contributed by atoms with van der Waals surface area (Å²) >= 11 is 0. The molecule has 0 amide bonds. The molecule has 5 heteroatoms. The summed E-state index contributed by atoms with van der Waals surface area (Å²) in [5.41, 5.74) is 2.16. The molecule has 0 unspecified atom stereocenters. The first kappa shape index (κ1) is 17.2. The zero-order valence-corrected chi connectivity index (χ0v) is 13.9. The lowest BCUT2D eigenvalue weighted by Crippen LogP contribution is -2.21. The average molecular weight is 299 g/mol. The molecule has 1 aromatic carbocycles. The van der Waals surface area contributed by atoms with Crippen LogP contribution in [-0.4, -0.2) is 26.3 Å². The highest BCUT2D eigenvalue weighted by Crippen LogP contribution is 2.51. The maximum Gasteiger partial charge on any atom is 0.335 e. The number of rotatable bonds is 9. The van der Waals surface area contributed by atoms with Crippen molar-refractivity contribution in [1.29, 1.82) is 0 Å². The Bertz CT molecular complexity index is 419. The van der Waals surface area contributed by atoms with Gasteiger partial charge in [0.1, 0.15) is 0 Å². The van der Waals surface area contributed by atoms with Gasteiger partial charge in [-0.1, -0.05) is 12.1 Å². The third-order valence-electron chi connectivity index (χ3n) is 3.09. The molecule has 0 heterocycles. The Balaban J connectivity index is 2.80. The molecule has 1 aromatic rings. The van der Waals surface area contributed by atoms with Crippen molar-refractivity contribution in [3.63, 3.8) is 0 Å². The van der Waals surface area contributed by atoms with E-state index in [0.29, 0.717) is 19.4 Å². The Morgan fingerprint density at radius 2 is 1.45 bits per heavy atom. The van der Waals surface area contributed by atoms with Crippen molar-refractivity contribution in [3.05, 3.63) is 29.8 Å². The first-order valence-corrected chi connectivity index (χ1v) is 9.03. The van der Waals surface area contributed by atoms with E-state index in [1.54, 1.807) is 0 Å². The third-order valence-corrected chi connectivity index (χ3v) is 5.15. The summed E-state index contributed by atoms with van der Waals surface area (Å²) in [7, 11) is -3.01. The first-order chi connectivity index (χ1) is 9.58. The summed E-state index contributed by atoms with van der Waals surface area (Å²) in [5, 5.41) is 0. The van der Waals surface area contributed by atoms with E-state index in [4.69, 9.17) is 9.05 Å². The zero-order valence-electron chi connectivity index (χ0n) is 13.0. The van der Waals surface area contributed by atoms with Gasteiger partial charge in [0, 0.05) is 18.8 Å². The fourth-order valence-electron chi connectivity index (χ4n) is 2.15. The van der Waals surface area contributed by atoms with Gasteiger partial charge in [-0.2, -0.15) is 0 Å². The molecule has 0 radical (unpaired) electrons. The van der Waals surface area contributed by atoms with Crippen LogP contribution in [0, 0.1) is 0 Å². The van der Waals surface area contributed by atoms with Gasteiger partial charge in [0.2, 0.25) is 0 Å². The van der Waals surface area contributed by atoms with Crippen molar-refractivity contribution in [2.45, 2.75) is 33.9 Å². The summed E-state index contributed by atoms with van der Waals surface area (Å²) < 4.78 is 23.1. The molecule has 0 bridgehead atoms. The minimum atomic E-state index is -3.01. The highest BCUT2D eigenvalue weighted by molar-refractivity contribution is 7.53. The lowest BCUT2D eigenvalue weighted by molar-refractivity contribution is 0.219. The van der Waals surface area contributed by atoms with Crippen LogP contribution >= 0.6 is 7.60 Å². The normalized spacial score (nSPS) is 11.6. The van der Waals surface area contributed by atoms with E-state index < -0.39 is 7.60 Å². The number of nitrogens with zero attached hydrogens (tertiary/aromatic N) is 1. The number of hydrogen-bond donors (Lipinski definition) is 0. The van der Waals surface area contributed by atoms with E-state index in [-0.39, 0.29) is 0 Å². The Labute approximate surface area is 122 Å². The predicted octanol–water partition coefficient (Wildman–Crippen LogP) is 4.30. The Morgan fingerprint density at radius 3 is 1.85 bits per heavy atom. The van der Waals surface area contributed by atoms with Gasteiger partial charge in [-0.05, 0) is 45.4 Å². The van der Waals surface area contributed by atoms with Gasteiger partial charge in [0.25, 0.3) is 0 Å². The number of anilines is 1. The summed E-state index contributed by atoms with van der Waals surface area (Å²) in [5.74, 6) is 0. The molecule has 0 atom stereocenters. The van der Waals surface area contributed by atoms with Crippen LogP contribution in [0.15, 0.2) is 24.3 Å². The van der Waals surface area contributed by atoms with Crippen LogP contribution in [0.4, 0.5) is 5.69 Å². The van der Waals surface area contributed by atoms with Crippen LogP contribution in [0.1, 0.15) is 33.3 Å². The van der Waals surface area contributed by atoms with E-state index in [1.807, 2.05) is 26.0 Å². The van der Waals surface area contributed by atoms with Crippen LogP contribution in [0.3, 0.4) is 0 Å². The lowest BCUT2D eigenvalue weighted by atomic mass is 10.2. The molecule has 0 saturated carbocycles. The van der Waals surface area contributed by atoms with Gasteiger partial charge < -0.3 is 13.9 Å². The van der Waals surface area contributed by atoms with Crippen molar-refractivity contribution in [2.75, 3.05) is 31.2 Å². The lowest BCUT2D eigenvalue weighted by Gasteiger charge is -2.21. The molecule has 20 heavy (non-hydrogen) atoms. The monoisotopic (exact) mass is 299 g/mol. The molecule has 0 fully saturated rings. The van der Waals surface area contributed by atoms with Crippen molar-refractivity contribution < 1.29 is 13.6 Å². The molecule has 4 nitrogen and oxygen atoms in total. The van der Waals surface area contributed by atoms with E-state index in [9.17, 15) is 4.57 Å². The quantitative estimate of drug-likeness (QED) is 0.637. The SMILES string of the molecule is CCOP(=O)(Cc1ccc(N(CC)CC)cc1)OCC. The number of benzene rings is 1. The topological polar surface area (TPSA) is 38.8 Å². The fourth-order valence-corrected chi connectivity index (χ4v) is 3.85. The maximum atomic E-state index is 12.5. The second kappa shape index (κ2) is 8.46. The highest BCUT2D eigenvalue weighted by atomic mass is 31.2. The van der Waals surface area contributed by atoms with Gasteiger partial charge in [-0.15, -0.1) is 0 Å². The second-order valence-corrected chi connectivity index (χ2v) is 6.50. The van der Waals surface area contributed by atoms with Crippen molar-refractivity contribution in [3.8, 4) is 0 Å². The molecule has 0 spiro atoms. The first-order valence-electron chi connectivity index (χ1n) is 7.30. The standard InChI is InChI=1S/C15H26NO3P/c1-5-16(6-2)15-11-9-14(10-12-15)13-20(17,18-7-3)19-8-4/h9-12H,5-8,13H2,1-4H3. The van der Waals surface area contributed by atoms with Crippen LogP contribution in [-0.2, 0) is 19.8 Å². The Hall–Kier alpha value is -0.830. The van der Waals surface area contributed by atoms with Crippen molar-refractivity contribution in [2.24, 2.45) is 0 Å². The predicted molar refractivity (Wildman–Crippen MR) is 84.6 cm³/mol. The van der Waals surface area contributed by atoms with E-state index in [1.165, 1.54) is 5.69 Å². The van der Waals surface area contributed by atoms with E-state index in [2.05, 4.69) is 30.9 Å². The fraction of sp³-hybridized carbons (Fsp3) is 0.600. The zero-order chi connectivity index (χ0) is 15.0. The molecule has 0 aromatic heterocycles. The van der Waals surface area contributed by atoms with Crippen LogP contribution in [0.5, 0.6) is 0 Å². The minimum absolute atomic E-state index is 0.327. The number of hydrogen-bond acceptors (Lipinski definition) is 4. The van der Waals surface area contributed by atoms with Crippen LogP contribution in [0.25, 0.3) is 0 Å². The minimum Gasteiger partial charge on any atom is -0.372 e. The van der Waals surface area contributed by atoms with Gasteiger partial charge in [-0.25, -0.2) is 0 Å². The summed E-state index contributed by atoms with van der Waals surface area (Å²) in [6.07, 6.45) is 0.327. The summed E-state index contributed by atoms with van der Waals surface area (Å²) in [4.78, 5) is 2.27. The van der Waals surface area contributed by atoms with Crippen LogP contribution < -0.4 is 4.90 Å². The highest BCUT2D eigenvalue weighted by Gasteiger charge is 2.23. The van der Waals surface area contributed by atoms with E-state index in [0.717, 1.165) is 18.7 Å². The largest absolute Gasteiger partial charge is 0.372 e. The molecule has 0 aliphatic rings. The van der Waals surface area contributed by atoms with Crippen molar-refractivity contribution in [1.82, 2.24) is 0 Å². The molecule has 1 rings (SSSR count). The average Bonchev–Trinajstić information content (AvgIpc) is 2.42. The van der Waals surface area contributed by atoms with E-state index >= 15 is 0 Å². The smallest absolute Gasteiger partial charge is 0.335 e. The third kappa shape index (κ3) is 4.93. The Morgan fingerprint density at radius 1 is 0.950 bits per heavy atom. The molecule has 0 saturated heterocycles. The van der Waals surface area contributed by atoms with Gasteiger partial charge in [-0.3, -0.25) is 4.57 Å². The maximum absolute atomic E-state index is 12.5. The molecule has 0 aliphatic carbocycles. The Kier molecular flexibility index (Phi) is 7.28.